The lowest BCUT2D eigenvalue weighted by Crippen LogP contribution is -2.29. The smallest absolute Gasteiger partial charge is 0.337 e. The molecule has 0 radical (unpaired) electrons. The third kappa shape index (κ3) is 2.78. The van der Waals surface area contributed by atoms with Crippen molar-refractivity contribution in [2.75, 3.05) is 18.0 Å². The first kappa shape index (κ1) is 16.5. The highest BCUT2D eigenvalue weighted by Crippen LogP contribution is 2.33. The van der Waals surface area contributed by atoms with Crippen LogP contribution in [0.4, 0.5) is 5.69 Å². The second kappa shape index (κ2) is 6.28. The SMILES string of the molecule is CCc1ccc(S(=O)(=O)N2CCc3cc(C(=O)OC)ccc32)cc1. The molecule has 6 heteroatoms. The van der Waals surface area contributed by atoms with Crippen LogP contribution in [-0.2, 0) is 27.6 Å². The Bertz CT molecular complexity index is 872. The number of anilines is 1. The van der Waals surface area contributed by atoms with E-state index in [1.807, 2.05) is 19.1 Å². The van der Waals surface area contributed by atoms with E-state index >= 15 is 0 Å². The first-order chi connectivity index (χ1) is 11.5. The van der Waals surface area contributed by atoms with Crippen molar-refractivity contribution >= 4 is 21.7 Å². The summed E-state index contributed by atoms with van der Waals surface area (Å²) in [4.78, 5) is 11.9. The monoisotopic (exact) mass is 345 g/mol. The Morgan fingerprint density at radius 1 is 1.17 bits per heavy atom. The molecule has 0 saturated carbocycles. The number of rotatable bonds is 4. The average molecular weight is 345 g/mol. The second-order valence-electron chi connectivity index (χ2n) is 5.66. The van der Waals surface area contributed by atoms with E-state index in [0.717, 1.165) is 17.5 Å². The minimum absolute atomic E-state index is 0.282. The first-order valence-corrected chi connectivity index (χ1v) is 9.24. The molecule has 0 saturated heterocycles. The van der Waals surface area contributed by atoms with Crippen molar-refractivity contribution in [1.29, 1.82) is 0 Å². The molecule has 5 nitrogen and oxygen atoms in total. The van der Waals surface area contributed by atoms with Gasteiger partial charge in [0.1, 0.15) is 0 Å². The average Bonchev–Trinajstić information content (AvgIpc) is 3.05. The zero-order valence-electron chi connectivity index (χ0n) is 13.7. The third-order valence-electron chi connectivity index (χ3n) is 4.27. The zero-order valence-corrected chi connectivity index (χ0v) is 14.5. The summed E-state index contributed by atoms with van der Waals surface area (Å²) in [6, 6.07) is 11.9. The number of esters is 1. The Labute approximate surface area is 141 Å². The largest absolute Gasteiger partial charge is 0.465 e. The number of carbonyl (C=O) groups is 1. The molecule has 0 amide bonds. The molecule has 0 aromatic heterocycles. The Balaban J connectivity index is 1.96. The number of aryl methyl sites for hydroxylation is 1. The lowest BCUT2D eigenvalue weighted by Gasteiger charge is -2.20. The fourth-order valence-electron chi connectivity index (χ4n) is 2.89. The number of hydrogen-bond acceptors (Lipinski definition) is 4. The standard InChI is InChI=1S/C18H19NO4S/c1-3-13-4-7-16(8-5-13)24(21,22)19-11-10-14-12-15(18(20)23-2)6-9-17(14)19/h4-9,12H,3,10-11H2,1-2H3. The topological polar surface area (TPSA) is 63.7 Å². The van der Waals surface area contributed by atoms with Gasteiger partial charge in [-0.2, -0.15) is 0 Å². The molecule has 0 atom stereocenters. The number of carbonyl (C=O) groups excluding carboxylic acids is 1. The number of ether oxygens (including phenoxy) is 1. The number of nitrogens with zero attached hydrogens (tertiary/aromatic N) is 1. The lowest BCUT2D eigenvalue weighted by atomic mass is 10.1. The van der Waals surface area contributed by atoms with Crippen LogP contribution in [0.1, 0.15) is 28.4 Å². The summed E-state index contributed by atoms with van der Waals surface area (Å²) in [5.41, 5.74) is 3.00. The van der Waals surface area contributed by atoms with Crippen LogP contribution in [0.5, 0.6) is 0 Å². The molecule has 1 aliphatic heterocycles. The van der Waals surface area contributed by atoms with Crippen molar-refractivity contribution in [2.24, 2.45) is 0 Å². The molecule has 1 aliphatic rings. The van der Waals surface area contributed by atoms with Crippen molar-refractivity contribution in [1.82, 2.24) is 0 Å². The van der Waals surface area contributed by atoms with Gasteiger partial charge in [0.2, 0.25) is 0 Å². The quantitative estimate of drug-likeness (QED) is 0.800. The second-order valence-corrected chi connectivity index (χ2v) is 7.52. The third-order valence-corrected chi connectivity index (χ3v) is 6.10. The molecule has 24 heavy (non-hydrogen) atoms. The molecular weight excluding hydrogens is 326 g/mol. The molecule has 0 fully saturated rings. The van der Waals surface area contributed by atoms with Gasteiger partial charge in [-0.1, -0.05) is 19.1 Å². The molecule has 2 aromatic carbocycles. The molecule has 0 aliphatic carbocycles. The van der Waals surface area contributed by atoms with Crippen molar-refractivity contribution in [3.8, 4) is 0 Å². The maximum Gasteiger partial charge on any atom is 0.337 e. The molecular formula is C18H19NO4S. The van der Waals surface area contributed by atoms with Gasteiger partial charge < -0.3 is 4.74 Å². The van der Waals surface area contributed by atoms with E-state index in [4.69, 9.17) is 4.74 Å². The number of benzene rings is 2. The lowest BCUT2D eigenvalue weighted by molar-refractivity contribution is 0.0600. The van der Waals surface area contributed by atoms with E-state index in [2.05, 4.69) is 0 Å². The maximum atomic E-state index is 12.9. The Hall–Kier alpha value is -2.34. The minimum atomic E-state index is -3.60. The van der Waals surface area contributed by atoms with Crippen LogP contribution in [0.15, 0.2) is 47.4 Å². The van der Waals surface area contributed by atoms with Crippen LogP contribution in [0.2, 0.25) is 0 Å². The maximum absolute atomic E-state index is 12.9. The molecule has 3 rings (SSSR count). The summed E-state index contributed by atoms with van der Waals surface area (Å²) in [6.45, 7) is 2.40. The van der Waals surface area contributed by atoms with E-state index < -0.39 is 16.0 Å². The normalized spacial score (nSPS) is 13.7. The van der Waals surface area contributed by atoms with Crippen LogP contribution in [0.3, 0.4) is 0 Å². The molecule has 0 N–H and O–H groups in total. The number of methoxy groups -OCH3 is 1. The van der Waals surface area contributed by atoms with Crippen LogP contribution in [0.25, 0.3) is 0 Å². The van der Waals surface area contributed by atoms with Gasteiger partial charge in [0.15, 0.2) is 0 Å². The van der Waals surface area contributed by atoms with E-state index in [1.165, 1.54) is 11.4 Å². The van der Waals surface area contributed by atoms with Gasteiger partial charge in [-0.25, -0.2) is 13.2 Å². The molecule has 126 valence electrons. The van der Waals surface area contributed by atoms with Gasteiger partial charge in [0.05, 0.1) is 23.3 Å². The number of hydrogen-bond donors (Lipinski definition) is 0. The molecule has 0 spiro atoms. The van der Waals surface area contributed by atoms with Crippen molar-refractivity contribution < 1.29 is 17.9 Å². The fraction of sp³-hybridized carbons (Fsp3) is 0.278. The van der Waals surface area contributed by atoms with Crippen LogP contribution >= 0.6 is 0 Å². The number of sulfonamides is 1. The first-order valence-electron chi connectivity index (χ1n) is 7.80. The number of fused-ring (bicyclic) bond motifs is 1. The van der Waals surface area contributed by atoms with Gasteiger partial charge >= 0.3 is 5.97 Å². The van der Waals surface area contributed by atoms with Crippen molar-refractivity contribution in [3.63, 3.8) is 0 Å². The van der Waals surface area contributed by atoms with Crippen LogP contribution in [-0.4, -0.2) is 28.0 Å². The summed E-state index contributed by atoms with van der Waals surface area (Å²) in [6.07, 6.45) is 1.44. The van der Waals surface area contributed by atoms with Gasteiger partial charge in [0.25, 0.3) is 10.0 Å². The summed E-state index contributed by atoms with van der Waals surface area (Å²) in [7, 11) is -2.27. The van der Waals surface area contributed by atoms with Crippen LogP contribution < -0.4 is 4.31 Å². The molecule has 0 unspecified atom stereocenters. The van der Waals surface area contributed by atoms with E-state index in [9.17, 15) is 13.2 Å². The summed E-state index contributed by atoms with van der Waals surface area (Å²) < 4.78 is 31.9. The van der Waals surface area contributed by atoms with Crippen LogP contribution in [0, 0.1) is 0 Å². The highest BCUT2D eigenvalue weighted by molar-refractivity contribution is 7.92. The molecule has 1 heterocycles. The Kier molecular flexibility index (Phi) is 4.32. The van der Waals surface area contributed by atoms with E-state index in [0.29, 0.717) is 24.2 Å². The van der Waals surface area contributed by atoms with Crippen molar-refractivity contribution in [2.45, 2.75) is 24.7 Å². The Morgan fingerprint density at radius 2 is 1.88 bits per heavy atom. The minimum Gasteiger partial charge on any atom is -0.465 e. The van der Waals surface area contributed by atoms with E-state index in [1.54, 1.807) is 30.3 Å². The summed E-state index contributed by atoms with van der Waals surface area (Å²) in [5, 5.41) is 0. The molecule has 2 aromatic rings. The summed E-state index contributed by atoms with van der Waals surface area (Å²) >= 11 is 0. The van der Waals surface area contributed by atoms with Crippen molar-refractivity contribution in [3.05, 3.63) is 59.2 Å². The zero-order chi connectivity index (χ0) is 17.3. The predicted octanol–water partition coefficient (Wildman–Crippen LogP) is 2.79. The Morgan fingerprint density at radius 3 is 2.50 bits per heavy atom. The van der Waals surface area contributed by atoms with Gasteiger partial charge in [-0.3, -0.25) is 4.31 Å². The predicted molar refractivity (Wildman–Crippen MR) is 91.8 cm³/mol. The fourth-order valence-corrected chi connectivity index (χ4v) is 4.39. The van der Waals surface area contributed by atoms with Gasteiger partial charge in [-0.15, -0.1) is 0 Å². The highest BCUT2D eigenvalue weighted by atomic mass is 32.2. The van der Waals surface area contributed by atoms with E-state index in [-0.39, 0.29) is 4.90 Å². The van der Waals surface area contributed by atoms with Gasteiger partial charge in [-0.05, 0) is 54.3 Å². The molecule has 0 bridgehead atoms. The van der Waals surface area contributed by atoms with Gasteiger partial charge in [0, 0.05) is 6.54 Å². The summed E-state index contributed by atoms with van der Waals surface area (Å²) in [5.74, 6) is -0.422. The highest BCUT2D eigenvalue weighted by Gasteiger charge is 2.31.